The quantitative estimate of drug-likeness (QED) is 0.877. The van der Waals surface area contributed by atoms with E-state index in [1.807, 2.05) is 0 Å². The first kappa shape index (κ1) is 14.3. The van der Waals surface area contributed by atoms with Crippen molar-refractivity contribution in [2.24, 2.45) is 0 Å². The maximum absolute atomic E-state index is 12.4. The lowest BCUT2D eigenvalue weighted by Crippen LogP contribution is -2.40. The number of aliphatic hydroxyl groups is 1. The molecule has 0 spiro atoms. The minimum Gasteiger partial charge on any atom is -0.395 e. The molecule has 0 aliphatic heterocycles. The lowest BCUT2D eigenvalue weighted by Gasteiger charge is -2.23. The number of nitrogens with one attached hydrogen (secondary N) is 1. The van der Waals surface area contributed by atoms with Gasteiger partial charge in [0.15, 0.2) is 0 Å². The molecule has 0 radical (unpaired) electrons. The van der Waals surface area contributed by atoms with Crippen LogP contribution in [0, 0.1) is 0 Å². The Labute approximate surface area is 111 Å². The first-order valence-corrected chi connectivity index (χ1v) is 5.68. The van der Waals surface area contributed by atoms with Crippen LogP contribution >= 0.6 is 0 Å². The summed E-state index contributed by atoms with van der Waals surface area (Å²) in [6.07, 6.45) is -4.52. The molecule has 0 saturated heterocycles. The minimum absolute atomic E-state index is 0.0594. The van der Waals surface area contributed by atoms with Gasteiger partial charge in [-0.15, -0.1) is 0 Å². The van der Waals surface area contributed by atoms with E-state index in [2.05, 4.69) is 15.4 Å². The summed E-state index contributed by atoms with van der Waals surface area (Å²) in [5, 5.41) is 18.7. The summed E-state index contributed by atoms with van der Waals surface area (Å²) >= 11 is 0. The van der Waals surface area contributed by atoms with Gasteiger partial charge in [0.25, 0.3) is 5.91 Å². The van der Waals surface area contributed by atoms with Crippen LogP contribution in [-0.2, 0) is 0 Å². The fourth-order valence-corrected chi connectivity index (χ4v) is 1.75. The van der Waals surface area contributed by atoms with Gasteiger partial charge in [-0.25, -0.2) is 0 Å². The Morgan fingerprint density at radius 2 is 2.00 bits per heavy atom. The van der Waals surface area contributed by atoms with Gasteiger partial charge >= 0.3 is 6.18 Å². The molecule has 0 aliphatic rings. The van der Waals surface area contributed by atoms with E-state index in [9.17, 15) is 18.0 Å². The van der Waals surface area contributed by atoms with Crippen LogP contribution in [0.3, 0.4) is 0 Å². The first-order valence-electron chi connectivity index (χ1n) is 5.68. The number of hydrogen-bond donors (Lipinski definition) is 2. The van der Waals surface area contributed by atoms with E-state index in [1.54, 1.807) is 0 Å². The zero-order chi connectivity index (χ0) is 14.8. The molecule has 1 amide bonds. The number of fused-ring (bicyclic) bond motifs is 1. The van der Waals surface area contributed by atoms with Crippen molar-refractivity contribution in [1.29, 1.82) is 0 Å². The van der Waals surface area contributed by atoms with Gasteiger partial charge in [0, 0.05) is 12.1 Å². The number of aromatic nitrogens is 3. The van der Waals surface area contributed by atoms with Crippen LogP contribution in [0.15, 0.2) is 18.2 Å². The van der Waals surface area contributed by atoms with Gasteiger partial charge in [0.05, 0.1) is 6.61 Å². The molecule has 2 rings (SSSR count). The molecule has 0 aliphatic carbocycles. The second kappa shape index (κ2) is 5.45. The van der Waals surface area contributed by atoms with Crippen LogP contribution in [0.5, 0.6) is 0 Å². The van der Waals surface area contributed by atoms with E-state index in [0.29, 0.717) is 15.9 Å². The minimum atomic E-state index is -4.52. The Hall–Kier alpha value is -2.16. The van der Waals surface area contributed by atoms with E-state index in [-0.39, 0.29) is 5.56 Å². The molecule has 0 saturated carbocycles. The van der Waals surface area contributed by atoms with E-state index in [4.69, 9.17) is 5.11 Å². The molecular formula is C11H11F3N4O2. The third-order valence-corrected chi connectivity index (χ3v) is 2.59. The van der Waals surface area contributed by atoms with Gasteiger partial charge in [0.2, 0.25) is 0 Å². The van der Waals surface area contributed by atoms with Crippen molar-refractivity contribution < 1.29 is 23.1 Å². The molecule has 2 N–H and O–H groups in total. The van der Waals surface area contributed by atoms with E-state index in [0.717, 1.165) is 0 Å². The highest BCUT2D eigenvalue weighted by Gasteiger charge is 2.33. The highest BCUT2D eigenvalue weighted by atomic mass is 19.4. The maximum Gasteiger partial charge on any atom is 0.406 e. The number of hydrogen-bond acceptors (Lipinski definition) is 4. The summed E-state index contributed by atoms with van der Waals surface area (Å²) in [6, 6.07) is 4.20. The summed E-state index contributed by atoms with van der Waals surface area (Å²) in [6.45, 7) is -2.35. The average molecular weight is 288 g/mol. The van der Waals surface area contributed by atoms with Gasteiger partial charge in [-0.1, -0.05) is 0 Å². The Balaban J connectivity index is 2.25. The zero-order valence-corrected chi connectivity index (χ0v) is 10.2. The normalized spacial score (nSPS) is 11.8. The predicted molar refractivity (Wildman–Crippen MR) is 62.9 cm³/mol. The second-order valence-electron chi connectivity index (χ2n) is 4.09. The van der Waals surface area contributed by atoms with Gasteiger partial charge in [0.1, 0.15) is 17.6 Å². The van der Waals surface area contributed by atoms with Gasteiger partial charge in [-0.3, -0.25) is 4.79 Å². The third-order valence-electron chi connectivity index (χ3n) is 2.59. The van der Waals surface area contributed by atoms with Gasteiger partial charge in [-0.2, -0.15) is 28.6 Å². The van der Waals surface area contributed by atoms with Crippen molar-refractivity contribution in [2.75, 3.05) is 19.7 Å². The zero-order valence-electron chi connectivity index (χ0n) is 10.2. The van der Waals surface area contributed by atoms with E-state index in [1.165, 1.54) is 18.2 Å². The predicted octanol–water partition coefficient (Wildman–Crippen LogP) is 0.955. The van der Waals surface area contributed by atoms with Crippen molar-refractivity contribution in [2.45, 2.75) is 6.18 Å². The van der Waals surface area contributed by atoms with Crippen LogP contribution in [0.1, 0.15) is 10.4 Å². The number of nitrogens with zero attached hydrogens (tertiary/aromatic N) is 3. The SMILES string of the molecule is O=C(c1ccc2n[nH]nc2c1)N(CCO)CC(F)(F)F. The number of alkyl halides is 3. The topological polar surface area (TPSA) is 82.1 Å². The number of aromatic amines is 1. The first-order chi connectivity index (χ1) is 9.40. The molecule has 2 aromatic rings. The second-order valence-corrected chi connectivity index (χ2v) is 4.09. The number of amides is 1. The summed E-state index contributed by atoms with van der Waals surface area (Å²) in [5.41, 5.74) is 0.946. The largest absolute Gasteiger partial charge is 0.406 e. The molecule has 1 heterocycles. The molecule has 108 valence electrons. The Bertz CT molecular complexity index is 611. The van der Waals surface area contributed by atoms with Crippen molar-refractivity contribution in [1.82, 2.24) is 20.3 Å². The molecule has 6 nitrogen and oxygen atoms in total. The monoisotopic (exact) mass is 288 g/mol. The standard InChI is InChI=1S/C11H11F3N4O2/c12-11(13,14)6-18(3-4-19)10(20)7-1-2-8-9(5-7)16-17-15-8/h1-2,5,19H,3-4,6H2,(H,15,16,17). The highest BCUT2D eigenvalue weighted by Crippen LogP contribution is 2.19. The van der Waals surface area contributed by atoms with E-state index >= 15 is 0 Å². The summed E-state index contributed by atoms with van der Waals surface area (Å²) in [4.78, 5) is 12.6. The van der Waals surface area contributed by atoms with Crippen LogP contribution in [0.4, 0.5) is 13.2 Å². The van der Waals surface area contributed by atoms with Crippen LogP contribution in [0.25, 0.3) is 11.0 Å². The molecule has 0 atom stereocenters. The third kappa shape index (κ3) is 3.23. The Morgan fingerprint density at radius 1 is 1.30 bits per heavy atom. The van der Waals surface area contributed by atoms with Crippen molar-refractivity contribution in [3.05, 3.63) is 23.8 Å². The highest BCUT2D eigenvalue weighted by molar-refractivity contribution is 5.97. The number of rotatable bonds is 4. The Morgan fingerprint density at radius 3 is 2.65 bits per heavy atom. The number of carbonyl (C=O) groups excluding carboxylic acids is 1. The molecule has 9 heteroatoms. The molecule has 1 aromatic heterocycles. The molecule has 0 bridgehead atoms. The van der Waals surface area contributed by atoms with Crippen LogP contribution < -0.4 is 0 Å². The maximum atomic E-state index is 12.4. The number of aliphatic hydroxyl groups excluding tert-OH is 1. The molecule has 0 fully saturated rings. The van der Waals surface area contributed by atoms with Crippen molar-refractivity contribution >= 4 is 16.9 Å². The smallest absolute Gasteiger partial charge is 0.395 e. The molecule has 0 unspecified atom stereocenters. The summed E-state index contributed by atoms with van der Waals surface area (Å²) in [7, 11) is 0. The number of carbonyl (C=O) groups is 1. The van der Waals surface area contributed by atoms with Crippen LogP contribution in [0.2, 0.25) is 0 Å². The van der Waals surface area contributed by atoms with E-state index < -0.39 is 31.8 Å². The number of H-pyrrole nitrogens is 1. The Kier molecular flexibility index (Phi) is 3.89. The molecule has 1 aromatic carbocycles. The fourth-order valence-electron chi connectivity index (χ4n) is 1.75. The number of benzene rings is 1. The fraction of sp³-hybridized carbons (Fsp3) is 0.364. The molecular weight excluding hydrogens is 277 g/mol. The lowest BCUT2D eigenvalue weighted by atomic mass is 10.1. The van der Waals surface area contributed by atoms with Gasteiger partial charge in [-0.05, 0) is 18.2 Å². The molecule has 20 heavy (non-hydrogen) atoms. The van der Waals surface area contributed by atoms with Gasteiger partial charge < -0.3 is 10.0 Å². The average Bonchev–Trinajstić information content (AvgIpc) is 2.83. The number of halogens is 3. The van der Waals surface area contributed by atoms with Crippen molar-refractivity contribution in [3.8, 4) is 0 Å². The summed E-state index contributed by atoms with van der Waals surface area (Å²) in [5.74, 6) is -0.818. The van der Waals surface area contributed by atoms with Crippen LogP contribution in [-0.4, -0.2) is 57.2 Å². The van der Waals surface area contributed by atoms with Crippen molar-refractivity contribution in [3.63, 3.8) is 0 Å². The lowest BCUT2D eigenvalue weighted by molar-refractivity contribution is -0.141. The summed E-state index contributed by atoms with van der Waals surface area (Å²) < 4.78 is 37.2.